The molecule has 0 aliphatic heterocycles. The Kier molecular flexibility index (Phi) is 2.41. The largest absolute Gasteiger partial charge is 0.495 e. The molecule has 1 aromatic carbocycles. The zero-order valence-electron chi connectivity index (χ0n) is 7.53. The minimum Gasteiger partial charge on any atom is -0.495 e. The number of halogens is 1. The van der Waals surface area contributed by atoms with Crippen molar-refractivity contribution in [1.29, 1.82) is 0 Å². The molecule has 0 amide bonds. The van der Waals surface area contributed by atoms with Crippen molar-refractivity contribution in [2.24, 2.45) is 0 Å². The van der Waals surface area contributed by atoms with Gasteiger partial charge in [-0.05, 0) is 6.07 Å². The van der Waals surface area contributed by atoms with Gasteiger partial charge < -0.3 is 9.26 Å². The lowest BCUT2D eigenvalue weighted by Crippen LogP contribution is -1.86. The molecule has 0 aliphatic carbocycles. The third kappa shape index (κ3) is 1.46. The number of hydrogen-bond donors (Lipinski definition) is 0. The van der Waals surface area contributed by atoms with Crippen molar-refractivity contribution in [3.63, 3.8) is 0 Å². The Bertz CT molecular complexity index is 426. The van der Waals surface area contributed by atoms with E-state index in [4.69, 9.17) is 20.9 Å². The zero-order chi connectivity index (χ0) is 9.97. The van der Waals surface area contributed by atoms with Crippen LogP contribution in [-0.4, -0.2) is 12.3 Å². The fourth-order valence-corrected chi connectivity index (χ4v) is 1.52. The van der Waals surface area contributed by atoms with Gasteiger partial charge in [-0.2, -0.15) is 0 Å². The van der Waals surface area contributed by atoms with Crippen LogP contribution in [0.3, 0.4) is 0 Å². The van der Waals surface area contributed by atoms with E-state index in [2.05, 4.69) is 5.16 Å². The second kappa shape index (κ2) is 3.72. The van der Waals surface area contributed by atoms with Crippen molar-refractivity contribution < 1.29 is 9.26 Å². The van der Waals surface area contributed by atoms with Crippen LogP contribution in [-0.2, 0) is 0 Å². The molecule has 0 bridgehead atoms. The number of hydrogen-bond acceptors (Lipinski definition) is 3. The Hall–Kier alpha value is -1.48. The molecule has 0 unspecified atom stereocenters. The Morgan fingerprint density at radius 2 is 2.21 bits per heavy atom. The normalized spacial score (nSPS) is 10.1. The molecule has 2 aromatic rings. The van der Waals surface area contributed by atoms with Crippen LogP contribution in [0.15, 0.2) is 35.1 Å². The highest BCUT2D eigenvalue weighted by atomic mass is 35.5. The lowest BCUT2D eigenvalue weighted by atomic mass is 10.1. The molecule has 1 aromatic heterocycles. The van der Waals surface area contributed by atoms with Crippen molar-refractivity contribution >= 4 is 11.6 Å². The molecule has 0 atom stereocenters. The number of benzene rings is 1. The Morgan fingerprint density at radius 1 is 1.36 bits per heavy atom. The Morgan fingerprint density at radius 3 is 2.86 bits per heavy atom. The summed E-state index contributed by atoms with van der Waals surface area (Å²) in [4.78, 5) is 0. The molecule has 0 N–H and O–H groups in total. The van der Waals surface area contributed by atoms with Crippen LogP contribution in [0.25, 0.3) is 11.3 Å². The van der Waals surface area contributed by atoms with Gasteiger partial charge in [0.15, 0.2) is 0 Å². The second-order valence-corrected chi connectivity index (χ2v) is 3.08. The van der Waals surface area contributed by atoms with Gasteiger partial charge in [-0.3, -0.25) is 0 Å². The highest BCUT2D eigenvalue weighted by Crippen LogP contribution is 2.33. The number of ether oxygens (including phenoxy) is 1. The van der Waals surface area contributed by atoms with Gasteiger partial charge in [0.25, 0.3) is 0 Å². The molecule has 1 heterocycles. The molecule has 0 saturated carbocycles. The van der Waals surface area contributed by atoms with E-state index in [1.807, 2.05) is 12.1 Å². The molecular formula is C10H8ClNO2. The standard InChI is InChI=1S/C10H8ClNO2/c1-13-9-4-2-3-7(10(9)11)8-5-6-14-12-8/h2-6H,1H3. The Balaban J connectivity index is 2.54. The first kappa shape index (κ1) is 9.09. The fraction of sp³-hybridized carbons (Fsp3) is 0.100. The van der Waals surface area contributed by atoms with Crippen molar-refractivity contribution in [2.75, 3.05) is 7.11 Å². The lowest BCUT2D eigenvalue weighted by molar-refractivity contribution is 0.414. The number of rotatable bonds is 2. The van der Waals surface area contributed by atoms with E-state index in [1.165, 1.54) is 6.26 Å². The average Bonchev–Trinajstić information content (AvgIpc) is 2.71. The predicted molar refractivity (Wildman–Crippen MR) is 53.5 cm³/mol. The molecule has 0 saturated heterocycles. The maximum Gasteiger partial charge on any atom is 0.138 e. The summed E-state index contributed by atoms with van der Waals surface area (Å²) in [6, 6.07) is 7.27. The first-order valence-corrected chi connectivity index (χ1v) is 4.44. The van der Waals surface area contributed by atoms with Crippen molar-refractivity contribution in [1.82, 2.24) is 5.16 Å². The molecule has 0 fully saturated rings. The molecule has 4 heteroatoms. The molecule has 0 radical (unpaired) electrons. The van der Waals surface area contributed by atoms with Crippen LogP contribution >= 0.6 is 11.6 Å². The molecule has 14 heavy (non-hydrogen) atoms. The van der Waals surface area contributed by atoms with Crippen LogP contribution in [0.2, 0.25) is 5.02 Å². The number of aromatic nitrogens is 1. The quantitative estimate of drug-likeness (QED) is 0.763. The van der Waals surface area contributed by atoms with E-state index in [1.54, 1.807) is 19.2 Å². The van der Waals surface area contributed by atoms with E-state index < -0.39 is 0 Å². The second-order valence-electron chi connectivity index (χ2n) is 2.71. The van der Waals surface area contributed by atoms with Gasteiger partial charge in [0.05, 0.1) is 12.1 Å². The van der Waals surface area contributed by atoms with Gasteiger partial charge in [-0.1, -0.05) is 28.9 Å². The van der Waals surface area contributed by atoms with Gasteiger partial charge >= 0.3 is 0 Å². The maximum absolute atomic E-state index is 6.09. The van der Waals surface area contributed by atoms with Crippen LogP contribution in [0.5, 0.6) is 5.75 Å². The van der Waals surface area contributed by atoms with E-state index in [-0.39, 0.29) is 0 Å². The highest BCUT2D eigenvalue weighted by Gasteiger charge is 2.09. The van der Waals surface area contributed by atoms with Gasteiger partial charge in [-0.15, -0.1) is 0 Å². The van der Waals surface area contributed by atoms with Crippen molar-refractivity contribution in [3.8, 4) is 17.0 Å². The summed E-state index contributed by atoms with van der Waals surface area (Å²) in [7, 11) is 1.58. The van der Waals surface area contributed by atoms with Gasteiger partial charge in [-0.25, -0.2) is 0 Å². The minimum atomic E-state index is 0.545. The molecule has 72 valence electrons. The van der Waals surface area contributed by atoms with E-state index >= 15 is 0 Å². The molecule has 2 rings (SSSR count). The molecule has 3 nitrogen and oxygen atoms in total. The lowest BCUT2D eigenvalue weighted by Gasteiger charge is -2.05. The third-order valence-corrected chi connectivity index (χ3v) is 2.29. The van der Waals surface area contributed by atoms with Gasteiger partial charge in [0.2, 0.25) is 0 Å². The fourth-order valence-electron chi connectivity index (χ4n) is 1.22. The summed E-state index contributed by atoms with van der Waals surface area (Å²) in [6.45, 7) is 0. The highest BCUT2D eigenvalue weighted by molar-refractivity contribution is 6.34. The van der Waals surface area contributed by atoms with Crippen molar-refractivity contribution in [3.05, 3.63) is 35.6 Å². The third-order valence-electron chi connectivity index (χ3n) is 1.90. The summed E-state index contributed by atoms with van der Waals surface area (Å²) >= 11 is 6.09. The van der Waals surface area contributed by atoms with E-state index in [9.17, 15) is 0 Å². The SMILES string of the molecule is COc1cccc(-c2ccon2)c1Cl. The van der Waals surface area contributed by atoms with E-state index in [0.717, 1.165) is 5.56 Å². The Labute approximate surface area is 86.2 Å². The number of nitrogens with zero attached hydrogens (tertiary/aromatic N) is 1. The molecule has 0 spiro atoms. The van der Waals surface area contributed by atoms with Crippen molar-refractivity contribution in [2.45, 2.75) is 0 Å². The summed E-state index contributed by atoms with van der Waals surface area (Å²) < 4.78 is 9.84. The summed E-state index contributed by atoms with van der Waals surface area (Å²) in [5.74, 6) is 0.632. The topological polar surface area (TPSA) is 35.3 Å². The van der Waals surface area contributed by atoms with E-state index in [0.29, 0.717) is 16.5 Å². The summed E-state index contributed by atoms with van der Waals surface area (Å²) in [5, 5.41) is 4.35. The first-order valence-electron chi connectivity index (χ1n) is 4.06. The first-order chi connectivity index (χ1) is 6.83. The smallest absolute Gasteiger partial charge is 0.138 e. The van der Waals surface area contributed by atoms with Crippen LogP contribution in [0.1, 0.15) is 0 Å². The number of methoxy groups -OCH3 is 1. The van der Waals surface area contributed by atoms with Crippen LogP contribution in [0.4, 0.5) is 0 Å². The monoisotopic (exact) mass is 209 g/mol. The zero-order valence-corrected chi connectivity index (χ0v) is 8.28. The summed E-state index contributed by atoms with van der Waals surface area (Å²) in [5.41, 5.74) is 1.51. The van der Waals surface area contributed by atoms with Gasteiger partial charge in [0, 0.05) is 11.6 Å². The average molecular weight is 210 g/mol. The molecule has 0 aliphatic rings. The molecular weight excluding hydrogens is 202 g/mol. The summed E-state index contributed by atoms with van der Waals surface area (Å²) in [6.07, 6.45) is 1.51. The van der Waals surface area contributed by atoms with Crippen LogP contribution < -0.4 is 4.74 Å². The maximum atomic E-state index is 6.09. The predicted octanol–water partition coefficient (Wildman–Crippen LogP) is 3.00. The minimum absolute atomic E-state index is 0.545. The van der Waals surface area contributed by atoms with Gasteiger partial charge in [0.1, 0.15) is 17.7 Å². The van der Waals surface area contributed by atoms with Crippen LogP contribution in [0, 0.1) is 0 Å².